The highest BCUT2D eigenvalue weighted by molar-refractivity contribution is 7.09. The van der Waals surface area contributed by atoms with Gasteiger partial charge in [-0.3, -0.25) is 4.79 Å². The number of piperazine rings is 1. The van der Waals surface area contributed by atoms with Crippen LogP contribution < -0.4 is 5.32 Å². The Labute approximate surface area is 106 Å². The number of nitrogens with zero attached hydrogens (tertiary/aromatic N) is 2. The molecule has 1 saturated heterocycles. The largest absolute Gasteiger partial charge is 0.340 e. The van der Waals surface area contributed by atoms with Crippen LogP contribution in [0.1, 0.15) is 24.5 Å². The van der Waals surface area contributed by atoms with E-state index in [0.717, 1.165) is 36.8 Å². The Bertz CT molecular complexity index is 391. The molecule has 1 aliphatic rings. The van der Waals surface area contributed by atoms with E-state index in [1.165, 1.54) is 0 Å². The first-order chi connectivity index (χ1) is 8.19. The molecule has 1 fully saturated rings. The molecule has 4 nitrogen and oxygen atoms in total. The fourth-order valence-corrected chi connectivity index (χ4v) is 2.76. The maximum Gasteiger partial charge on any atom is 0.228 e. The minimum Gasteiger partial charge on any atom is -0.340 e. The molecule has 0 radical (unpaired) electrons. The van der Waals surface area contributed by atoms with Gasteiger partial charge < -0.3 is 10.2 Å². The third-order valence-corrected chi connectivity index (χ3v) is 4.00. The number of carbonyl (C=O) groups excluding carboxylic acids is 1. The normalized spacial score (nSPS) is 20.6. The van der Waals surface area contributed by atoms with E-state index in [9.17, 15) is 4.79 Å². The molecule has 0 spiro atoms. The van der Waals surface area contributed by atoms with E-state index in [4.69, 9.17) is 0 Å². The Kier molecular flexibility index (Phi) is 4.12. The topological polar surface area (TPSA) is 45.2 Å². The predicted molar refractivity (Wildman–Crippen MR) is 69.2 cm³/mol. The molecule has 1 amide bonds. The Hall–Kier alpha value is -0.940. The van der Waals surface area contributed by atoms with Crippen LogP contribution in [-0.2, 0) is 17.6 Å². The number of hydrogen-bond acceptors (Lipinski definition) is 4. The van der Waals surface area contributed by atoms with Crippen LogP contribution in [0.3, 0.4) is 0 Å². The molecular formula is C12H19N3OS. The lowest BCUT2D eigenvalue weighted by Gasteiger charge is -2.31. The zero-order valence-corrected chi connectivity index (χ0v) is 11.2. The quantitative estimate of drug-likeness (QED) is 0.876. The number of carbonyl (C=O) groups is 1. The summed E-state index contributed by atoms with van der Waals surface area (Å²) in [6.45, 7) is 6.71. The molecule has 0 aromatic carbocycles. The fourth-order valence-electron chi connectivity index (χ4n) is 2.02. The Morgan fingerprint density at radius 1 is 1.71 bits per heavy atom. The summed E-state index contributed by atoms with van der Waals surface area (Å²) in [5.41, 5.74) is 0.919. The monoisotopic (exact) mass is 253 g/mol. The molecule has 1 aromatic heterocycles. The summed E-state index contributed by atoms with van der Waals surface area (Å²) in [4.78, 5) is 18.4. The molecule has 2 heterocycles. The van der Waals surface area contributed by atoms with Gasteiger partial charge in [-0.25, -0.2) is 4.98 Å². The summed E-state index contributed by atoms with van der Waals surface area (Å²) in [7, 11) is 0. The standard InChI is InChI=1S/C12H19N3OS/c1-3-11-14-10(8-17-11)6-12(16)15-5-4-13-9(2)7-15/h8-9,13H,3-7H2,1-2H3. The molecule has 0 saturated carbocycles. The molecule has 1 N–H and O–H groups in total. The number of aromatic nitrogens is 1. The second-order valence-electron chi connectivity index (χ2n) is 4.46. The zero-order chi connectivity index (χ0) is 12.3. The van der Waals surface area contributed by atoms with Crippen LogP contribution in [0.4, 0.5) is 0 Å². The van der Waals surface area contributed by atoms with Gasteiger partial charge in [-0.15, -0.1) is 11.3 Å². The first-order valence-corrected chi connectivity index (χ1v) is 7.01. The smallest absolute Gasteiger partial charge is 0.228 e. The van der Waals surface area contributed by atoms with Crippen molar-refractivity contribution in [1.82, 2.24) is 15.2 Å². The zero-order valence-electron chi connectivity index (χ0n) is 10.4. The molecule has 17 heavy (non-hydrogen) atoms. The number of hydrogen-bond donors (Lipinski definition) is 1. The molecule has 0 aliphatic carbocycles. The highest BCUT2D eigenvalue weighted by Gasteiger charge is 2.21. The van der Waals surface area contributed by atoms with Gasteiger partial charge >= 0.3 is 0 Å². The van der Waals surface area contributed by atoms with Crippen molar-refractivity contribution in [3.63, 3.8) is 0 Å². The minimum atomic E-state index is 0.200. The number of nitrogens with one attached hydrogen (secondary N) is 1. The molecular weight excluding hydrogens is 234 g/mol. The minimum absolute atomic E-state index is 0.200. The van der Waals surface area contributed by atoms with E-state index < -0.39 is 0 Å². The van der Waals surface area contributed by atoms with Gasteiger partial charge in [0.25, 0.3) is 0 Å². The van der Waals surface area contributed by atoms with Crippen LogP contribution in [0.5, 0.6) is 0 Å². The van der Waals surface area contributed by atoms with Crippen LogP contribution >= 0.6 is 11.3 Å². The second-order valence-corrected chi connectivity index (χ2v) is 5.40. The molecule has 94 valence electrons. The van der Waals surface area contributed by atoms with Gasteiger partial charge in [0.2, 0.25) is 5.91 Å². The number of amides is 1. The van der Waals surface area contributed by atoms with E-state index in [1.807, 2.05) is 10.3 Å². The van der Waals surface area contributed by atoms with Gasteiger partial charge in [-0.2, -0.15) is 0 Å². The molecule has 1 atom stereocenters. The lowest BCUT2D eigenvalue weighted by atomic mass is 10.2. The van der Waals surface area contributed by atoms with E-state index in [2.05, 4.69) is 24.1 Å². The first-order valence-electron chi connectivity index (χ1n) is 6.13. The van der Waals surface area contributed by atoms with Crippen LogP contribution in [0, 0.1) is 0 Å². The lowest BCUT2D eigenvalue weighted by Crippen LogP contribution is -2.51. The van der Waals surface area contributed by atoms with Gasteiger partial charge in [0.1, 0.15) is 0 Å². The van der Waals surface area contributed by atoms with Crippen molar-refractivity contribution in [3.05, 3.63) is 16.1 Å². The number of thiazole rings is 1. The van der Waals surface area contributed by atoms with Crippen molar-refractivity contribution in [2.75, 3.05) is 19.6 Å². The van der Waals surface area contributed by atoms with Crippen LogP contribution in [0.15, 0.2) is 5.38 Å². The first kappa shape index (κ1) is 12.5. The van der Waals surface area contributed by atoms with E-state index >= 15 is 0 Å². The molecule has 1 unspecified atom stereocenters. The summed E-state index contributed by atoms with van der Waals surface area (Å²) in [5.74, 6) is 0.200. The molecule has 1 aromatic rings. The highest BCUT2D eigenvalue weighted by atomic mass is 32.1. The van der Waals surface area contributed by atoms with Gasteiger partial charge in [0, 0.05) is 31.1 Å². The van der Waals surface area contributed by atoms with Gasteiger partial charge in [0.15, 0.2) is 0 Å². The molecule has 0 bridgehead atoms. The summed E-state index contributed by atoms with van der Waals surface area (Å²) in [6, 6.07) is 0.398. The highest BCUT2D eigenvalue weighted by Crippen LogP contribution is 2.12. The van der Waals surface area contributed by atoms with Gasteiger partial charge in [0.05, 0.1) is 17.1 Å². The molecule has 2 rings (SSSR count). The van der Waals surface area contributed by atoms with Gasteiger partial charge in [-0.1, -0.05) is 6.92 Å². The predicted octanol–water partition coefficient (Wildman–Crippen LogP) is 1.07. The second kappa shape index (κ2) is 5.60. The summed E-state index contributed by atoms with van der Waals surface area (Å²) in [5, 5.41) is 6.45. The van der Waals surface area contributed by atoms with Crippen molar-refractivity contribution < 1.29 is 4.79 Å². The van der Waals surface area contributed by atoms with Crippen molar-refractivity contribution in [1.29, 1.82) is 0 Å². The lowest BCUT2D eigenvalue weighted by molar-refractivity contribution is -0.131. The van der Waals surface area contributed by atoms with Crippen LogP contribution in [0.2, 0.25) is 0 Å². The average Bonchev–Trinajstić information content (AvgIpc) is 2.77. The van der Waals surface area contributed by atoms with Crippen molar-refractivity contribution in [2.24, 2.45) is 0 Å². The third kappa shape index (κ3) is 3.26. The fraction of sp³-hybridized carbons (Fsp3) is 0.667. The van der Waals surface area contributed by atoms with E-state index in [0.29, 0.717) is 12.5 Å². The van der Waals surface area contributed by atoms with Crippen LogP contribution in [-0.4, -0.2) is 41.5 Å². The van der Waals surface area contributed by atoms with Crippen molar-refractivity contribution >= 4 is 17.2 Å². The van der Waals surface area contributed by atoms with E-state index in [1.54, 1.807) is 11.3 Å². The summed E-state index contributed by atoms with van der Waals surface area (Å²) >= 11 is 1.64. The third-order valence-electron chi connectivity index (χ3n) is 2.96. The Morgan fingerprint density at radius 2 is 2.53 bits per heavy atom. The molecule has 1 aliphatic heterocycles. The average molecular weight is 253 g/mol. The Morgan fingerprint density at radius 3 is 3.18 bits per heavy atom. The van der Waals surface area contributed by atoms with Gasteiger partial charge in [-0.05, 0) is 13.3 Å². The summed E-state index contributed by atoms with van der Waals surface area (Å²) in [6.07, 6.45) is 1.40. The summed E-state index contributed by atoms with van der Waals surface area (Å²) < 4.78 is 0. The van der Waals surface area contributed by atoms with Crippen molar-refractivity contribution in [2.45, 2.75) is 32.7 Å². The van der Waals surface area contributed by atoms with Crippen LogP contribution in [0.25, 0.3) is 0 Å². The maximum absolute atomic E-state index is 12.1. The maximum atomic E-state index is 12.1. The SMILES string of the molecule is CCc1nc(CC(=O)N2CCNC(C)C2)cs1. The molecule has 5 heteroatoms. The number of rotatable bonds is 3. The van der Waals surface area contributed by atoms with Crippen molar-refractivity contribution in [3.8, 4) is 0 Å². The number of aryl methyl sites for hydroxylation is 1. The Balaban J connectivity index is 1.91. The van der Waals surface area contributed by atoms with E-state index in [-0.39, 0.29) is 5.91 Å².